The predicted octanol–water partition coefficient (Wildman–Crippen LogP) is 3.57. The van der Waals surface area contributed by atoms with Crippen molar-refractivity contribution in [3.63, 3.8) is 0 Å². The second-order valence-corrected chi connectivity index (χ2v) is 5.53. The summed E-state index contributed by atoms with van der Waals surface area (Å²) in [5.41, 5.74) is 1.16. The van der Waals surface area contributed by atoms with Gasteiger partial charge in [-0.15, -0.1) is 0 Å². The zero-order valence-corrected chi connectivity index (χ0v) is 14.9. The molecule has 6 nitrogen and oxygen atoms in total. The molecule has 1 amide bonds. The van der Waals surface area contributed by atoms with Gasteiger partial charge >= 0.3 is 11.9 Å². The van der Waals surface area contributed by atoms with Gasteiger partial charge in [0, 0.05) is 16.8 Å². The standard InChI is InChI=1S/C19H16ClNO5/c1-25-18(23)13-9-14(19(24)26-2)11-15(10-13)21-17(22)8-7-12-5-3-4-6-16(12)20/h3-11H,1-2H3,(H,21,22)/b8-7+. The number of carbonyl (C=O) groups excluding carboxylic acids is 3. The van der Waals surface area contributed by atoms with Gasteiger partial charge in [-0.25, -0.2) is 9.59 Å². The highest BCUT2D eigenvalue weighted by molar-refractivity contribution is 6.32. The van der Waals surface area contributed by atoms with Crippen molar-refractivity contribution in [3.05, 3.63) is 70.3 Å². The van der Waals surface area contributed by atoms with E-state index in [0.717, 1.165) is 0 Å². The average molecular weight is 374 g/mol. The Labute approximate surface area is 155 Å². The van der Waals surface area contributed by atoms with Crippen molar-refractivity contribution in [2.75, 3.05) is 19.5 Å². The summed E-state index contributed by atoms with van der Waals surface area (Å²) >= 11 is 6.03. The Morgan fingerprint density at radius 1 is 0.962 bits per heavy atom. The number of nitrogens with one attached hydrogen (secondary N) is 1. The largest absolute Gasteiger partial charge is 0.465 e. The Morgan fingerprint density at radius 2 is 1.54 bits per heavy atom. The first-order chi connectivity index (χ1) is 12.4. The van der Waals surface area contributed by atoms with Crippen molar-refractivity contribution in [3.8, 4) is 0 Å². The Balaban J connectivity index is 2.24. The second-order valence-electron chi connectivity index (χ2n) is 5.13. The third kappa shape index (κ3) is 4.94. The molecular formula is C19H16ClNO5. The van der Waals surface area contributed by atoms with Crippen LogP contribution in [0.3, 0.4) is 0 Å². The van der Waals surface area contributed by atoms with Gasteiger partial charge in [0.2, 0.25) is 5.91 Å². The van der Waals surface area contributed by atoms with E-state index in [1.54, 1.807) is 30.3 Å². The highest BCUT2D eigenvalue weighted by atomic mass is 35.5. The number of amides is 1. The fraction of sp³-hybridized carbons (Fsp3) is 0.105. The van der Waals surface area contributed by atoms with Gasteiger partial charge in [0.05, 0.1) is 25.3 Å². The molecule has 0 fully saturated rings. The van der Waals surface area contributed by atoms with Crippen LogP contribution in [0.2, 0.25) is 5.02 Å². The molecule has 0 aliphatic rings. The molecule has 0 heterocycles. The van der Waals surface area contributed by atoms with Gasteiger partial charge in [0.15, 0.2) is 0 Å². The van der Waals surface area contributed by atoms with E-state index in [0.29, 0.717) is 10.6 Å². The van der Waals surface area contributed by atoms with E-state index in [4.69, 9.17) is 11.6 Å². The fourth-order valence-electron chi connectivity index (χ4n) is 2.13. The zero-order valence-electron chi connectivity index (χ0n) is 14.1. The number of methoxy groups -OCH3 is 2. The number of benzene rings is 2. The molecule has 1 N–H and O–H groups in total. The number of hydrogen-bond donors (Lipinski definition) is 1. The normalized spacial score (nSPS) is 10.4. The molecular weight excluding hydrogens is 358 g/mol. The molecule has 0 bridgehead atoms. The minimum atomic E-state index is -0.641. The van der Waals surface area contributed by atoms with Crippen LogP contribution < -0.4 is 5.32 Å². The zero-order chi connectivity index (χ0) is 19.1. The molecule has 134 valence electrons. The van der Waals surface area contributed by atoms with Gasteiger partial charge in [-0.1, -0.05) is 29.8 Å². The number of carbonyl (C=O) groups is 3. The van der Waals surface area contributed by atoms with E-state index in [1.807, 2.05) is 0 Å². The van der Waals surface area contributed by atoms with Crippen molar-refractivity contribution in [2.24, 2.45) is 0 Å². The summed E-state index contributed by atoms with van der Waals surface area (Å²) in [4.78, 5) is 35.6. The van der Waals surface area contributed by atoms with Crippen molar-refractivity contribution in [1.82, 2.24) is 0 Å². The number of hydrogen-bond acceptors (Lipinski definition) is 5. The maximum Gasteiger partial charge on any atom is 0.337 e. The van der Waals surface area contributed by atoms with Crippen LogP contribution in [0.1, 0.15) is 26.3 Å². The first-order valence-corrected chi connectivity index (χ1v) is 7.87. The highest BCUT2D eigenvalue weighted by Gasteiger charge is 2.14. The minimum absolute atomic E-state index is 0.112. The summed E-state index contributed by atoms with van der Waals surface area (Å²) in [6, 6.07) is 11.2. The summed E-state index contributed by atoms with van der Waals surface area (Å²) < 4.78 is 9.30. The van der Waals surface area contributed by atoms with E-state index in [2.05, 4.69) is 14.8 Å². The quantitative estimate of drug-likeness (QED) is 0.640. The van der Waals surface area contributed by atoms with Crippen LogP contribution in [0.25, 0.3) is 6.08 Å². The Hall–Kier alpha value is -3.12. The molecule has 0 aromatic heterocycles. The van der Waals surface area contributed by atoms with Gasteiger partial charge in [0.25, 0.3) is 0 Å². The van der Waals surface area contributed by atoms with E-state index < -0.39 is 17.8 Å². The number of esters is 2. The van der Waals surface area contributed by atoms with Crippen LogP contribution in [0.15, 0.2) is 48.5 Å². The van der Waals surface area contributed by atoms with Crippen LogP contribution in [-0.4, -0.2) is 32.1 Å². The minimum Gasteiger partial charge on any atom is -0.465 e. The number of ether oxygens (including phenoxy) is 2. The van der Waals surface area contributed by atoms with Crippen molar-refractivity contribution in [2.45, 2.75) is 0 Å². The van der Waals surface area contributed by atoms with Crippen LogP contribution in [0.4, 0.5) is 5.69 Å². The van der Waals surface area contributed by atoms with Gasteiger partial charge in [-0.2, -0.15) is 0 Å². The lowest BCUT2D eigenvalue weighted by Gasteiger charge is -2.08. The van der Waals surface area contributed by atoms with E-state index in [1.165, 1.54) is 38.5 Å². The molecule has 0 radical (unpaired) electrons. The van der Waals surface area contributed by atoms with Crippen LogP contribution in [0.5, 0.6) is 0 Å². The van der Waals surface area contributed by atoms with Gasteiger partial charge < -0.3 is 14.8 Å². The monoisotopic (exact) mass is 373 g/mol. The predicted molar refractivity (Wildman–Crippen MR) is 98.2 cm³/mol. The smallest absolute Gasteiger partial charge is 0.337 e. The molecule has 0 spiro atoms. The van der Waals surface area contributed by atoms with E-state index in [-0.39, 0.29) is 16.8 Å². The van der Waals surface area contributed by atoms with E-state index >= 15 is 0 Å². The third-order valence-electron chi connectivity index (χ3n) is 3.36. The van der Waals surface area contributed by atoms with Crippen molar-refractivity contribution >= 4 is 41.2 Å². The van der Waals surface area contributed by atoms with Crippen LogP contribution in [-0.2, 0) is 14.3 Å². The molecule has 0 saturated heterocycles. The lowest BCUT2D eigenvalue weighted by Crippen LogP contribution is -2.12. The van der Waals surface area contributed by atoms with Crippen LogP contribution in [0, 0.1) is 0 Å². The number of anilines is 1. The molecule has 0 aliphatic carbocycles. The summed E-state index contributed by atoms with van der Waals surface area (Å²) in [6.07, 6.45) is 2.85. The first kappa shape index (κ1) is 19.2. The van der Waals surface area contributed by atoms with Crippen molar-refractivity contribution < 1.29 is 23.9 Å². The van der Waals surface area contributed by atoms with Crippen molar-refractivity contribution in [1.29, 1.82) is 0 Å². The number of rotatable bonds is 5. The topological polar surface area (TPSA) is 81.7 Å². The molecule has 0 atom stereocenters. The first-order valence-electron chi connectivity index (χ1n) is 7.50. The lowest BCUT2D eigenvalue weighted by molar-refractivity contribution is -0.111. The third-order valence-corrected chi connectivity index (χ3v) is 3.71. The average Bonchev–Trinajstić information content (AvgIpc) is 2.65. The second kappa shape index (κ2) is 8.82. The number of halogens is 1. The molecule has 2 aromatic rings. The highest BCUT2D eigenvalue weighted by Crippen LogP contribution is 2.18. The van der Waals surface area contributed by atoms with Gasteiger partial charge in [-0.05, 0) is 35.9 Å². The maximum atomic E-state index is 12.1. The fourth-order valence-corrected chi connectivity index (χ4v) is 2.33. The summed E-state index contributed by atoms with van der Waals surface area (Å²) in [5, 5.41) is 3.10. The van der Waals surface area contributed by atoms with Crippen LogP contribution >= 0.6 is 11.6 Å². The summed E-state index contributed by atoms with van der Waals surface area (Å²) in [6.45, 7) is 0. The van der Waals surface area contributed by atoms with Gasteiger partial charge in [-0.3, -0.25) is 4.79 Å². The SMILES string of the molecule is COC(=O)c1cc(NC(=O)/C=C/c2ccccc2Cl)cc(C(=O)OC)c1. The lowest BCUT2D eigenvalue weighted by atomic mass is 10.1. The molecule has 0 saturated carbocycles. The van der Waals surface area contributed by atoms with Gasteiger partial charge in [0.1, 0.15) is 0 Å². The molecule has 2 rings (SSSR count). The summed E-state index contributed by atoms with van der Waals surface area (Å²) in [5.74, 6) is -1.74. The maximum absolute atomic E-state index is 12.1. The molecule has 7 heteroatoms. The summed E-state index contributed by atoms with van der Waals surface area (Å²) in [7, 11) is 2.44. The Morgan fingerprint density at radius 3 is 2.08 bits per heavy atom. The molecule has 0 aliphatic heterocycles. The molecule has 0 unspecified atom stereocenters. The molecule has 2 aromatic carbocycles. The Bertz CT molecular complexity index is 842. The molecule has 26 heavy (non-hydrogen) atoms. The van der Waals surface area contributed by atoms with E-state index in [9.17, 15) is 14.4 Å². The Kier molecular flexibility index (Phi) is 6.52.